The summed E-state index contributed by atoms with van der Waals surface area (Å²) in [6.45, 7) is 1.04. The van der Waals surface area contributed by atoms with Gasteiger partial charge in [0.2, 0.25) is 0 Å². The lowest BCUT2D eigenvalue weighted by molar-refractivity contribution is -0.120. The number of hydrogen-bond acceptors (Lipinski definition) is 5. The first-order chi connectivity index (χ1) is 8.74. The summed E-state index contributed by atoms with van der Waals surface area (Å²) >= 11 is 1.31. The number of aromatic nitrogens is 2. The molecule has 0 atom stereocenters. The van der Waals surface area contributed by atoms with Gasteiger partial charge in [-0.1, -0.05) is 4.49 Å². The van der Waals surface area contributed by atoms with Crippen LogP contribution >= 0.6 is 11.5 Å². The molecule has 92 valence electrons. The number of carbonyl (C=O) groups is 2. The molecule has 5 nitrogen and oxygen atoms in total. The Bertz CT molecular complexity index is 613. The summed E-state index contributed by atoms with van der Waals surface area (Å²) in [6.07, 6.45) is 0.929. The second-order valence-corrected chi connectivity index (χ2v) is 5.07. The van der Waals surface area contributed by atoms with Gasteiger partial charge in [-0.2, -0.15) is 0 Å². The van der Waals surface area contributed by atoms with Gasteiger partial charge in [0.1, 0.15) is 11.3 Å². The van der Waals surface area contributed by atoms with Crippen molar-refractivity contribution in [1.29, 1.82) is 0 Å². The average Bonchev–Trinajstić information content (AvgIpc) is 2.86. The maximum absolute atomic E-state index is 12.2. The number of likely N-dealkylation sites (tertiary alicyclic amines) is 1. The molecule has 1 aromatic heterocycles. The van der Waals surface area contributed by atoms with Crippen molar-refractivity contribution >= 4 is 33.4 Å². The predicted octanol–water partition coefficient (Wildman–Crippen LogP) is 1.50. The molecule has 0 aliphatic carbocycles. The van der Waals surface area contributed by atoms with Crippen molar-refractivity contribution in [2.24, 2.45) is 0 Å². The Morgan fingerprint density at radius 1 is 1.28 bits per heavy atom. The van der Waals surface area contributed by atoms with Gasteiger partial charge in [0.05, 0.1) is 4.70 Å². The van der Waals surface area contributed by atoms with Crippen LogP contribution in [0.4, 0.5) is 0 Å². The molecule has 1 aliphatic rings. The van der Waals surface area contributed by atoms with E-state index >= 15 is 0 Å². The number of amides is 1. The molecular formula is C12H11N3O2S. The number of ketones is 1. The summed E-state index contributed by atoms with van der Waals surface area (Å²) in [5.41, 5.74) is 1.36. The highest BCUT2D eigenvalue weighted by atomic mass is 32.1. The highest BCUT2D eigenvalue weighted by Crippen LogP contribution is 2.19. The van der Waals surface area contributed by atoms with Crippen LogP contribution in [0, 0.1) is 0 Å². The molecule has 2 aromatic rings. The quantitative estimate of drug-likeness (QED) is 0.780. The molecular weight excluding hydrogens is 250 g/mol. The number of piperidine rings is 1. The second-order valence-electron chi connectivity index (χ2n) is 4.29. The lowest BCUT2D eigenvalue weighted by Gasteiger charge is -2.26. The number of hydrogen-bond donors (Lipinski definition) is 0. The van der Waals surface area contributed by atoms with Crippen LogP contribution in [0.5, 0.6) is 0 Å². The van der Waals surface area contributed by atoms with Crippen LogP contribution in [0.2, 0.25) is 0 Å². The van der Waals surface area contributed by atoms with Crippen LogP contribution in [-0.4, -0.2) is 39.3 Å². The van der Waals surface area contributed by atoms with E-state index in [4.69, 9.17) is 0 Å². The highest BCUT2D eigenvalue weighted by molar-refractivity contribution is 7.12. The molecule has 3 rings (SSSR count). The van der Waals surface area contributed by atoms with Gasteiger partial charge in [0.15, 0.2) is 0 Å². The zero-order valence-corrected chi connectivity index (χ0v) is 10.4. The van der Waals surface area contributed by atoms with Crippen LogP contribution in [0.1, 0.15) is 23.2 Å². The van der Waals surface area contributed by atoms with Crippen LogP contribution in [-0.2, 0) is 4.79 Å². The number of carbonyl (C=O) groups excluding carboxylic acids is 2. The van der Waals surface area contributed by atoms with Crippen molar-refractivity contribution in [2.75, 3.05) is 13.1 Å². The fourth-order valence-corrected chi connectivity index (χ4v) is 2.59. The van der Waals surface area contributed by atoms with E-state index in [0.29, 0.717) is 31.5 Å². The van der Waals surface area contributed by atoms with Gasteiger partial charge in [-0.3, -0.25) is 9.59 Å². The zero-order chi connectivity index (χ0) is 12.5. The first-order valence-corrected chi connectivity index (χ1v) is 6.54. The van der Waals surface area contributed by atoms with Gasteiger partial charge >= 0.3 is 0 Å². The number of benzene rings is 1. The maximum Gasteiger partial charge on any atom is 0.253 e. The molecule has 18 heavy (non-hydrogen) atoms. The minimum atomic E-state index is -0.0302. The molecule has 0 radical (unpaired) electrons. The molecule has 1 aromatic carbocycles. The van der Waals surface area contributed by atoms with Crippen LogP contribution in [0.25, 0.3) is 10.2 Å². The molecule has 1 amide bonds. The Morgan fingerprint density at radius 2 is 2.06 bits per heavy atom. The smallest absolute Gasteiger partial charge is 0.253 e. The summed E-state index contributed by atoms with van der Waals surface area (Å²) in [5.74, 6) is 0.204. The van der Waals surface area contributed by atoms with E-state index in [1.807, 2.05) is 6.07 Å². The first-order valence-electron chi connectivity index (χ1n) is 5.77. The number of rotatable bonds is 1. The summed E-state index contributed by atoms with van der Waals surface area (Å²) in [6, 6.07) is 5.42. The molecule has 6 heteroatoms. The topological polar surface area (TPSA) is 63.2 Å². The van der Waals surface area contributed by atoms with E-state index in [2.05, 4.69) is 9.59 Å². The Kier molecular flexibility index (Phi) is 2.79. The molecule has 0 saturated carbocycles. The monoisotopic (exact) mass is 261 g/mol. The Balaban J connectivity index is 1.84. The molecule has 0 bridgehead atoms. The highest BCUT2D eigenvalue weighted by Gasteiger charge is 2.22. The fourth-order valence-electron chi connectivity index (χ4n) is 2.06. The van der Waals surface area contributed by atoms with Gasteiger partial charge in [0.25, 0.3) is 5.91 Å². The summed E-state index contributed by atoms with van der Waals surface area (Å²) in [4.78, 5) is 25.1. The molecule has 1 fully saturated rings. The van der Waals surface area contributed by atoms with Gasteiger partial charge in [-0.05, 0) is 29.7 Å². The molecule has 1 saturated heterocycles. The van der Waals surface area contributed by atoms with E-state index in [1.165, 1.54) is 11.5 Å². The maximum atomic E-state index is 12.2. The van der Waals surface area contributed by atoms with Crippen LogP contribution < -0.4 is 0 Å². The lowest BCUT2D eigenvalue weighted by atomic mass is 10.1. The minimum absolute atomic E-state index is 0.0302. The van der Waals surface area contributed by atoms with Crippen LogP contribution in [0.15, 0.2) is 18.2 Å². The Morgan fingerprint density at radius 3 is 2.83 bits per heavy atom. The average molecular weight is 261 g/mol. The predicted molar refractivity (Wildman–Crippen MR) is 67.6 cm³/mol. The van der Waals surface area contributed by atoms with Gasteiger partial charge in [0, 0.05) is 31.5 Å². The fraction of sp³-hybridized carbons (Fsp3) is 0.333. The summed E-state index contributed by atoms with van der Waals surface area (Å²) in [5, 5.41) is 3.96. The van der Waals surface area contributed by atoms with Crippen molar-refractivity contribution in [1.82, 2.24) is 14.5 Å². The van der Waals surface area contributed by atoms with Crippen molar-refractivity contribution in [3.05, 3.63) is 23.8 Å². The van der Waals surface area contributed by atoms with Crippen molar-refractivity contribution in [3.8, 4) is 0 Å². The third kappa shape index (κ3) is 1.99. The first kappa shape index (κ1) is 11.3. The number of Topliss-reactive ketones (excluding diaryl/α,β-unsaturated/α-hetero) is 1. The molecule has 0 unspecified atom stereocenters. The van der Waals surface area contributed by atoms with E-state index in [0.717, 1.165) is 10.2 Å². The number of fused-ring (bicyclic) bond motifs is 1. The van der Waals surface area contributed by atoms with Crippen LogP contribution in [0.3, 0.4) is 0 Å². The van der Waals surface area contributed by atoms with Crippen molar-refractivity contribution in [2.45, 2.75) is 12.8 Å². The van der Waals surface area contributed by atoms with Crippen molar-refractivity contribution in [3.63, 3.8) is 0 Å². The van der Waals surface area contributed by atoms with E-state index in [1.54, 1.807) is 17.0 Å². The molecule has 1 aliphatic heterocycles. The second kappa shape index (κ2) is 4.45. The lowest BCUT2D eigenvalue weighted by Crippen LogP contribution is -2.38. The normalized spacial score (nSPS) is 16.2. The van der Waals surface area contributed by atoms with E-state index in [9.17, 15) is 9.59 Å². The molecule has 0 spiro atoms. The van der Waals surface area contributed by atoms with E-state index < -0.39 is 0 Å². The van der Waals surface area contributed by atoms with E-state index in [-0.39, 0.29) is 11.7 Å². The third-order valence-corrected chi connectivity index (χ3v) is 3.81. The van der Waals surface area contributed by atoms with Gasteiger partial charge in [-0.25, -0.2) is 0 Å². The standard InChI is InChI=1S/C12H11N3O2S/c16-9-3-5-15(6-4-9)12(17)8-1-2-11-10(7-8)13-14-18-11/h1-2,7H,3-6H2. The molecule has 0 N–H and O–H groups in total. The summed E-state index contributed by atoms with van der Waals surface area (Å²) in [7, 11) is 0. The molecule has 2 heterocycles. The Hall–Kier alpha value is -1.82. The number of nitrogens with zero attached hydrogens (tertiary/aromatic N) is 3. The minimum Gasteiger partial charge on any atom is -0.338 e. The van der Waals surface area contributed by atoms with Crippen molar-refractivity contribution < 1.29 is 9.59 Å². The largest absolute Gasteiger partial charge is 0.338 e. The zero-order valence-electron chi connectivity index (χ0n) is 9.63. The third-order valence-electron chi connectivity index (χ3n) is 3.10. The Labute approximate surface area is 108 Å². The van der Waals surface area contributed by atoms with Gasteiger partial charge in [-0.15, -0.1) is 5.10 Å². The SMILES string of the molecule is O=C1CCN(C(=O)c2ccc3snnc3c2)CC1. The van der Waals surface area contributed by atoms with Gasteiger partial charge < -0.3 is 4.90 Å². The summed E-state index contributed by atoms with van der Waals surface area (Å²) < 4.78 is 4.82.